The Morgan fingerprint density at radius 2 is 2.08 bits per heavy atom. The van der Waals surface area contributed by atoms with E-state index in [0.29, 0.717) is 18.3 Å². The van der Waals surface area contributed by atoms with E-state index in [1.165, 1.54) is 0 Å². The van der Waals surface area contributed by atoms with Crippen LogP contribution in [0.1, 0.15) is 31.2 Å². The van der Waals surface area contributed by atoms with E-state index in [-0.39, 0.29) is 18.0 Å². The van der Waals surface area contributed by atoms with E-state index in [0.717, 1.165) is 42.1 Å². The second-order valence-electron chi connectivity index (χ2n) is 6.95. The van der Waals surface area contributed by atoms with E-state index < -0.39 is 0 Å². The van der Waals surface area contributed by atoms with Gasteiger partial charge in [-0.05, 0) is 56.4 Å². The number of fused-ring (bicyclic) bond motifs is 1. The Hall–Kier alpha value is -2.63. The summed E-state index contributed by atoms with van der Waals surface area (Å²) in [4.78, 5) is 31.2. The summed E-state index contributed by atoms with van der Waals surface area (Å²) < 4.78 is 0. The topological polar surface area (TPSA) is 74.3 Å². The molecule has 0 radical (unpaired) electrons. The number of likely N-dealkylation sites (tertiary alicyclic amines) is 1. The lowest BCUT2D eigenvalue weighted by molar-refractivity contribution is -0.124. The third-order valence-corrected chi connectivity index (χ3v) is 4.83. The van der Waals surface area contributed by atoms with Gasteiger partial charge < -0.3 is 15.5 Å². The SMILES string of the molecule is Cc1cc(NC(=O)N2CCC[C@@H]2C(=O)NC2CC2)c2ncccc2c1. The van der Waals surface area contributed by atoms with Crippen LogP contribution in [0.2, 0.25) is 0 Å². The maximum absolute atomic E-state index is 12.8. The van der Waals surface area contributed by atoms with Crippen LogP contribution in [0.5, 0.6) is 0 Å². The molecular weight excluding hydrogens is 316 g/mol. The fourth-order valence-corrected chi connectivity index (χ4v) is 3.43. The average molecular weight is 338 g/mol. The Bertz CT molecular complexity index is 831. The zero-order valence-electron chi connectivity index (χ0n) is 14.3. The van der Waals surface area contributed by atoms with Crippen LogP contribution in [0.3, 0.4) is 0 Å². The zero-order valence-corrected chi connectivity index (χ0v) is 14.3. The first-order valence-corrected chi connectivity index (χ1v) is 8.85. The van der Waals surface area contributed by atoms with Crippen LogP contribution in [0.15, 0.2) is 30.5 Å². The van der Waals surface area contributed by atoms with Gasteiger partial charge in [-0.15, -0.1) is 0 Å². The number of hydrogen-bond donors (Lipinski definition) is 2. The van der Waals surface area contributed by atoms with Gasteiger partial charge in [-0.3, -0.25) is 9.78 Å². The van der Waals surface area contributed by atoms with Crippen LogP contribution in [0.25, 0.3) is 10.9 Å². The molecule has 25 heavy (non-hydrogen) atoms. The monoisotopic (exact) mass is 338 g/mol. The quantitative estimate of drug-likeness (QED) is 0.904. The first-order chi connectivity index (χ1) is 12.1. The molecule has 6 nitrogen and oxygen atoms in total. The molecule has 1 aromatic carbocycles. The standard InChI is InChI=1S/C19H22N4O2/c1-12-10-13-4-2-8-20-17(13)15(11-12)22-19(25)23-9-3-5-16(23)18(24)21-14-6-7-14/h2,4,8,10-11,14,16H,3,5-7,9H2,1H3,(H,21,24)(H,22,25)/t16-/m1/s1. The van der Waals surface area contributed by atoms with Crippen LogP contribution < -0.4 is 10.6 Å². The molecule has 0 unspecified atom stereocenters. The summed E-state index contributed by atoms with van der Waals surface area (Å²) in [5.74, 6) is -0.0256. The van der Waals surface area contributed by atoms with Crippen LogP contribution in [-0.4, -0.2) is 40.5 Å². The number of aryl methyl sites for hydroxylation is 1. The number of benzene rings is 1. The lowest BCUT2D eigenvalue weighted by atomic mass is 10.1. The Labute approximate surface area is 146 Å². The molecule has 1 saturated heterocycles. The Kier molecular flexibility index (Phi) is 4.03. The van der Waals surface area contributed by atoms with Crippen LogP contribution >= 0.6 is 0 Å². The van der Waals surface area contributed by atoms with Crippen LogP contribution in [0.4, 0.5) is 10.5 Å². The highest BCUT2D eigenvalue weighted by atomic mass is 16.2. The van der Waals surface area contributed by atoms with Gasteiger partial charge in [-0.1, -0.05) is 6.07 Å². The molecule has 2 heterocycles. The third-order valence-electron chi connectivity index (χ3n) is 4.83. The lowest BCUT2D eigenvalue weighted by Crippen LogP contribution is -2.48. The average Bonchev–Trinajstić information content (AvgIpc) is 3.25. The number of nitrogens with zero attached hydrogens (tertiary/aromatic N) is 2. The van der Waals surface area contributed by atoms with Gasteiger partial charge >= 0.3 is 6.03 Å². The molecule has 3 amide bonds. The van der Waals surface area contributed by atoms with E-state index in [2.05, 4.69) is 15.6 Å². The van der Waals surface area contributed by atoms with Crippen molar-refractivity contribution < 1.29 is 9.59 Å². The molecule has 2 aromatic rings. The normalized spacial score (nSPS) is 19.9. The minimum atomic E-state index is -0.371. The maximum Gasteiger partial charge on any atom is 0.322 e. The Balaban J connectivity index is 1.54. The van der Waals surface area contributed by atoms with E-state index in [4.69, 9.17) is 0 Å². The Morgan fingerprint density at radius 1 is 1.24 bits per heavy atom. The van der Waals surface area contributed by atoms with Gasteiger partial charge in [0.25, 0.3) is 0 Å². The van der Waals surface area contributed by atoms with Crippen molar-refractivity contribution in [3.63, 3.8) is 0 Å². The van der Waals surface area contributed by atoms with Crippen molar-refractivity contribution in [3.05, 3.63) is 36.0 Å². The largest absolute Gasteiger partial charge is 0.352 e. The van der Waals surface area contributed by atoms with E-state index in [9.17, 15) is 9.59 Å². The number of carbonyl (C=O) groups is 2. The number of nitrogens with one attached hydrogen (secondary N) is 2. The van der Waals surface area contributed by atoms with Gasteiger partial charge in [0.2, 0.25) is 5.91 Å². The summed E-state index contributed by atoms with van der Waals surface area (Å²) in [6.07, 6.45) is 5.38. The van der Waals surface area contributed by atoms with Gasteiger partial charge in [0, 0.05) is 24.2 Å². The molecule has 130 valence electrons. The number of pyridine rings is 1. The lowest BCUT2D eigenvalue weighted by Gasteiger charge is -2.24. The summed E-state index contributed by atoms with van der Waals surface area (Å²) in [5, 5.41) is 6.96. The molecule has 2 aliphatic rings. The summed E-state index contributed by atoms with van der Waals surface area (Å²) in [5.41, 5.74) is 2.51. The number of rotatable bonds is 3. The van der Waals surface area contributed by atoms with Crippen molar-refractivity contribution in [2.75, 3.05) is 11.9 Å². The van der Waals surface area contributed by atoms with Crippen LogP contribution in [-0.2, 0) is 4.79 Å². The summed E-state index contributed by atoms with van der Waals surface area (Å²) in [6, 6.07) is 7.53. The van der Waals surface area contributed by atoms with E-state index >= 15 is 0 Å². The third kappa shape index (κ3) is 3.29. The number of carbonyl (C=O) groups excluding carboxylic acids is 2. The number of hydrogen-bond acceptors (Lipinski definition) is 3. The van der Waals surface area contributed by atoms with E-state index in [1.54, 1.807) is 11.1 Å². The Morgan fingerprint density at radius 3 is 2.88 bits per heavy atom. The van der Waals surface area contributed by atoms with Crippen molar-refractivity contribution >= 4 is 28.5 Å². The molecule has 1 aliphatic heterocycles. The fourth-order valence-electron chi connectivity index (χ4n) is 3.43. The molecule has 2 N–H and O–H groups in total. The van der Waals surface area contributed by atoms with Gasteiger partial charge in [0.05, 0.1) is 11.2 Å². The first kappa shape index (κ1) is 15.9. The van der Waals surface area contributed by atoms with Gasteiger partial charge in [0.1, 0.15) is 6.04 Å². The smallest absolute Gasteiger partial charge is 0.322 e. The van der Waals surface area contributed by atoms with Crippen molar-refractivity contribution in [1.29, 1.82) is 0 Å². The zero-order chi connectivity index (χ0) is 17.4. The fraction of sp³-hybridized carbons (Fsp3) is 0.421. The molecule has 1 aromatic heterocycles. The van der Waals surface area contributed by atoms with Crippen molar-refractivity contribution in [1.82, 2.24) is 15.2 Å². The molecule has 4 rings (SSSR count). The molecular formula is C19H22N4O2. The number of anilines is 1. The number of aromatic nitrogens is 1. The summed E-state index contributed by atoms with van der Waals surface area (Å²) in [6.45, 7) is 2.59. The van der Waals surface area contributed by atoms with Gasteiger partial charge in [0.15, 0.2) is 0 Å². The first-order valence-electron chi connectivity index (χ1n) is 8.85. The molecule has 6 heteroatoms. The highest BCUT2D eigenvalue weighted by molar-refractivity contribution is 6.01. The van der Waals surface area contributed by atoms with Crippen molar-refractivity contribution in [2.45, 2.75) is 44.7 Å². The highest BCUT2D eigenvalue weighted by Gasteiger charge is 2.36. The second-order valence-corrected chi connectivity index (χ2v) is 6.95. The van der Waals surface area contributed by atoms with Crippen molar-refractivity contribution in [3.8, 4) is 0 Å². The van der Waals surface area contributed by atoms with Gasteiger partial charge in [-0.25, -0.2) is 4.79 Å². The summed E-state index contributed by atoms with van der Waals surface area (Å²) in [7, 11) is 0. The van der Waals surface area contributed by atoms with Crippen molar-refractivity contribution in [2.24, 2.45) is 0 Å². The number of urea groups is 1. The predicted octanol–water partition coefficient (Wildman–Crippen LogP) is 2.82. The molecule has 1 atom stereocenters. The van der Waals surface area contributed by atoms with Gasteiger partial charge in [-0.2, -0.15) is 0 Å². The minimum absolute atomic E-state index is 0.0256. The van der Waals surface area contributed by atoms with Crippen LogP contribution in [0, 0.1) is 6.92 Å². The highest BCUT2D eigenvalue weighted by Crippen LogP contribution is 2.26. The molecule has 2 fully saturated rings. The predicted molar refractivity (Wildman–Crippen MR) is 96.4 cm³/mol. The minimum Gasteiger partial charge on any atom is -0.352 e. The second kappa shape index (κ2) is 6.35. The molecule has 1 aliphatic carbocycles. The molecule has 1 saturated carbocycles. The summed E-state index contributed by atoms with van der Waals surface area (Å²) >= 11 is 0. The van der Waals surface area contributed by atoms with E-state index in [1.807, 2.05) is 31.2 Å². The number of amides is 3. The maximum atomic E-state index is 12.8. The molecule has 0 bridgehead atoms. The molecule has 0 spiro atoms.